The second-order valence-electron chi connectivity index (χ2n) is 6.99. The van der Waals surface area contributed by atoms with Crippen molar-refractivity contribution in [1.82, 2.24) is 0 Å². The van der Waals surface area contributed by atoms with Crippen LogP contribution in [0.15, 0.2) is 0 Å². The van der Waals surface area contributed by atoms with E-state index in [1.165, 1.54) is 27.7 Å². The molecule has 2 aliphatic heterocycles. The Morgan fingerprint density at radius 3 is 1.70 bits per heavy atom. The highest BCUT2D eigenvalue weighted by Crippen LogP contribution is 2.32. The smallest absolute Gasteiger partial charge is 0.303 e. The third-order valence-electron chi connectivity index (χ3n) is 4.46. The van der Waals surface area contributed by atoms with Crippen LogP contribution in [0.25, 0.3) is 0 Å². The van der Waals surface area contributed by atoms with Gasteiger partial charge in [-0.15, -0.1) is 0 Å². The molecular weight excluding hydrogens is 404 g/mol. The van der Waals surface area contributed by atoms with Gasteiger partial charge in [0.25, 0.3) is 0 Å². The number of hydrogen-bond acceptors (Lipinski definition) is 11. The zero-order valence-electron chi connectivity index (χ0n) is 17.5. The Balaban J connectivity index is 2.29. The first-order chi connectivity index (χ1) is 14.2. The minimum atomic E-state index is -1.15. The molecule has 5 unspecified atom stereocenters. The Labute approximate surface area is 174 Å². The standard InChI is InChI=1S/C19H28O11/c1-10(20)26-9-15-18(28-12(3)22)19(29-13(4)23)17(27-11(2)21)14(30-15)5-6-16-24-7-8-25-16/h14-19H,5-9H2,1-4H3. The van der Waals surface area contributed by atoms with Crippen LogP contribution in [0.5, 0.6) is 0 Å². The zero-order valence-corrected chi connectivity index (χ0v) is 17.5. The van der Waals surface area contributed by atoms with Gasteiger partial charge >= 0.3 is 23.9 Å². The number of esters is 4. The van der Waals surface area contributed by atoms with Crippen molar-refractivity contribution < 1.29 is 52.3 Å². The van der Waals surface area contributed by atoms with Gasteiger partial charge in [-0.3, -0.25) is 19.2 Å². The van der Waals surface area contributed by atoms with E-state index in [9.17, 15) is 19.2 Å². The highest BCUT2D eigenvalue weighted by molar-refractivity contribution is 5.68. The summed E-state index contributed by atoms with van der Waals surface area (Å²) in [7, 11) is 0. The highest BCUT2D eigenvalue weighted by atomic mass is 16.7. The summed E-state index contributed by atoms with van der Waals surface area (Å²) >= 11 is 0. The van der Waals surface area contributed by atoms with Crippen molar-refractivity contribution in [2.45, 2.75) is 77.3 Å². The van der Waals surface area contributed by atoms with Gasteiger partial charge in [0.05, 0.1) is 19.3 Å². The van der Waals surface area contributed by atoms with Gasteiger partial charge in [0.15, 0.2) is 24.6 Å². The molecule has 0 aliphatic carbocycles. The number of ether oxygens (including phenoxy) is 7. The van der Waals surface area contributed by atoms with Crippen LogP contribution in [0.4, 0.5) is 0 Å². The molecule has 2 saturated heterocycles. The van der Waals surface area contributed by atoms with E-state index in [0.29, 0.717) is 26.1 Å². The van der Waals surface area contributed by atoms with Crippen LogP contribution >= 0.6 is 0 Å². The van der Waals surface area contributed by atoms with Crippen LogP contribution < -0.4 is 0 Å². The summed E-state index contributed by atoms with van der Waals surface area (Å²) in [5.74, 6) is -2.51. The second-order valence-corrected chi connectivity index (χ2v) is 6.99. The number of carbonyl (C=O) groups excluding carboxylic acids is 4. The molecule has 2 heterocycles. The molecule has 0 radical (unpaired) electrons. The molecule has 11 heteroatoms. The van der Waals surface area contributed by atoms with Crippen LogP contribution in [-0.4, -0.2) is 80.5 Å². The zero-order chi connectivity index (χ0) is 22.3. The average molecular weight is 432 g/mol. The van der Waals surface area contributed by atoms with Crippen LogP contribution in [0.2, 0.25) is 0 Å². The summed E-state index contributed by atoms with van der Waals surface area (Å²) in [6.07, 6.45) is -4.73. The van der Waals surface area contributed by atoms with Crippen molar-refractivity contribution in [2.75, 3.05) is 19.8 Å². The summed E-state index contributed by atoms with van der Waals surface area (Å²) in [5, 5.41) is 0. The highest BCUT2D eigenvalue weighted by Gasteiger charge is 2.52. The summed E-state index contributed by atoms with van der Waals surface area (Å²) < 4.78 is 38.0. The van der Waals surface area contributed by atoms with Crippen LogP contribution in [0.1, 0.15) is 40.5 Å². The number of carbonyl (C=O) groups is 4. The lowest BCUT2D eigenvalue weighted by molar-refractivity contribution is -0.254. The molecule has 30 heavy (non-hydrogen) atoms. The summed E-state index contributed by atoms with van der Waals surface area (Å²) in [6, 6.07) is 0. The molecule has 0 N–H and O–H groups in total. The van der Waals surface area contributed by atoms with E-state index in [0.717, 1.165) is 0 Å². The average Bonchev–Trinajstić information content (AvgIpc) is 3.15. The molecule has 0 aromatic heterocycles. The molecule has 2 rings (SSSR count). The Morgan fingerprint density at radius 2 is 1.20 bits per heavy atom. The monoisotopic (exact) mass is 432 g/mol. The fourth-order valence-corrected chi connectivity index (χ4v) is 3.42. The molecular formula is C19H28O11. The molecule has 0 aromatic rings. The van der Waals surface area contributed by atoms with Gasteiger partial charge in [-0.05, 0) is 6.42 Å². The van der Waals surface area contributed by atoms with Gasteiger partial charge in [0, 0.05) is 34.1 Å². The Morgan fingerprint density at radius 1 is 0.700 bits per heavy atom. The summed E-state index contributed by atoms with van der Waals surface area (Å²) in [6.45, 7) is 5.49. The maximum atomic E-state index is 11.8. The van der Waals surface area contributed by atoms with Crippen molar-refractivity contribution in [2.24, 2.45) is 0 Å². The lowest BCUT2D eigenvalue weighted by atomic mass is 9.92. The third-order valence-corrected chi connectivity index (χ3v) is 4.46. The van der Waals surface area contributed by atoms with E-state index in [2.05, 4.69) is 0 Å². The molecule has 0 aromatic carbocycles. The number of hydrogen-bond donors (Lipinski definition) is 0. The van der Waals surface area contributed by atoms with Gasteiger partial charge in [-0.25, -0.2) is 0 Å². The molecule has 0 saturated carbocycles. The molecule has 2 fully saturated rings. The van der Waals surface area contributed by atoms with Crippen molar-refractivity contribution in [1.29, 1.82) is 0 Å². The topological polar surface area (TPSA) is 133 Å². The van der Waals surface area contributed by atoms with Crippen molar-refractivity contribution in [3.8, 4) is 0 Å². The van der Waals surface area contributed by atoms with Gasteiger partial charge in [-0.2, -0.15) is 0 Å². The molecule has 5 atom stereocenters. The van der Waals surface area contributed by atoms with Crippen molar-refractivity contribution >= 4 is 23.9 Å². The van der Waals surface area contributed by atoms with Crippen molar-refractivity contribution in [3.63, 3.8) is 0 Å². The fourth-order valence-electron chi connectivity index (χ4n) is 3.42. The SMILES string of the molecule is CC(=O)OCC1OC(CCC2OCCO2)C(OC(C)=O)C(OC(C)=O)C1OC(C)=O. The fraction of sp³-hybridized carbons (Fsp3) is 0.789. The molecule has 170 valence electrons. The van der Waals surface area contributed by atoms with E-state index < -0.39 is 60.7 Å². The Bertz CT molecular complexity index is 628. The van der Waals surface area contributed by atoms with Crippen LogP contribution in [0.3, 0.4) is 0 Å². The normalized spacial score (nSPS) is 29.1. The maximum absolute atomic E-state index is 11.8. The summed E-state index contributed by atoms with van der Waals surface area (Å²) in [5.41, 5.74) is 0. The van der Waals surface area contributed by atoms with Crippen LogP contribution in [-0.2, 0) is 52.3 Å². The van der Waals surface area contributed by atoms with E-state index in [-0.39, 0.29) is 6.61 Å². The maximum Gasteiger partial charge on any atom is 0.303 e. The van der Waals surface area contributed by atoms with Gasteiger partial charge < -0.3 is 33.2 Å². The lowest BCUT2D eigenvalue weighted by Crippen LogP contribution is -2.62. The van der Waals surface area contributed by atoms with Gasteiger partial charge in [0.1, 0.15) is 12.7 Å². The molecule has 2 aliphatic rings. The Kier molecular flexibility index (Phi) is 9.00. The first-order valence-electron chi connectivity index (χ1n) is 9.71. The third kappa shape index (κ3) is 7.22. The second kappa shape index (κ2) is 11.2. The van der Waals surface area contributed by atoms with Crippen LogP contribution in [0, 0.1) is 0 Å². The number of rotatable bonds is 8. The minimum Gasteiger partial charge on any atom is -0.463 e. The van der Waals surface area contributed by atoms with E-state index in [1.807, 2.05) is 0 Å². The minimum absolute atomic E-state index is 0.245. The van der Waals surface area contributed by atoms with Gasteiger partial charge in [-0.1, -0.05) is 0 Å². The largest absolute Gasteiger partial charge is 0.463 e. The van der Waals surface area contributed by atoms with E-state index >= 15 is 0 Å². The molecule has 0 bridgehead atoms. The molecule has 11 nitrogen and oxygen atoms in total. The van der Waals surface area contributed by atoms with E-state index in [1.54, 1.807) is 0 Å². The van der Waals surface area contributed by atoms with Gasteiger partial charge in [0.2, 0.25) is 0 Å². The molecule has 0 spiro atoms. The first-order valence-corrected chi connectivity index (χ1v) is 9.71. The quantitative estimate of drug-likeness (QED) is 0.386. The predicted molar refractivity (Wildman–Crippen MR) is 96.9 cm³/mol. The Hall–Kier alpha value is -2.24. The predicted octanol–water partition coefficient (Wildman–Crippen LogP) is 0.265. The molecule has 0 amide bonds. The lowest BCUT2D eigenvalue weighted by Gasteiger charge is -2.44. The van der Waals surface area contributed by atoms with Crippen molar-refractivity contribution in [3.05, 3.63) is 0 Å². The van der Waals surface area contributed by atoms with E-state index in [4.69, 9.17) is 33.2 Å². The first kappa shape index (κ1) is 24.0. The summed E-state index contributed by atoms with van der Waals surface area (Å²) in [4.78, 5) is 46.4.